The zero-order valence-electron chi connectivity index (χ0n) is 12.3. The van der Waals surface area contributed by atoms with Crippen LogP contribution in [0.3, 0.4) is 0 Å². The van der Waals surface area contributed by atoms with Crippen molar-refractivity contribution in [3.63, 3.8) is 0 Å². The molecule has 6 heteroatoms. The van der Waals surface area contributed by atoms with E-state index in [9.17, 15) is 20.0 Å². The quantitative estimate of drug-likeness (QED) is 0.615. The summed E-state index contributed by atoms with van der Waals surface area (Å²) in [4.78, 5) is 24.1. The topological polar surface area (TPSA) is 83.7 Å². The zero-order valence-corrected chi connectivity index (χ0v) is 12.3. The monoisotopic (exact) mass is 292 g/mol. The summed E-state index contributed by atoms with van der Waals surface area (Å²) >= 11 is 0. The van der Waals surface area contributed by atoms with Crippen LogP contribution in [-0.2, 0) is 0 Å². The second kappa shape index (κ2) is 6.11. The molecule has 1 aromatic rings. The van der Waals surface area contributed by atoms with Gasteiger partial charge in [-0.25, -0.2) is 4.79 Å². The van der Waals surface area contributed by atoms with Gasteiger partial charge in [0.1, 0.15) is 5.69 Å². The van der Waals surface area contributed by atoms with Crippen molar-refractivity contribution in [3.8, 4) is 0 Å². The number of nitro groups is 1. The third-order valence-electron chi connectivity index (χ3n) is 3.66. The van der Waals surface area contributed by atoms with Crippen LogP contribution in [-0.4, -0.2) is 28.6 Å². The first-order valence-electron chi connectivity index (χ1n) is 7.19. The molecule has 0 radical (unpaired) electrons. The van der Waals surface area contributed by atoms with Gasteiger partial charge < -0.3 is 10.0 Å². The van der Waals surface area contributed by atoms with Gasteiger partial charge in [0.2, 0.25) is 0 Å². The highest BCUT2D eigenvalue weighted by Gasteiger charge is 2.35. The van der Waals surface area contributed by atoms with E-state index in [0.717, 1.165) is 19.3 Å². The average Bonchev–Trinajstić information content (AvgIpc) is 3.22. The van der Waals surface area contributed by atoms with Crippen LogP contribution in [0, 0.1) is 16.0 Å². The van der Waals surface area contributed by atoms with Crippen molar-refractivity contribution < 1.29 is 14.8 Å². The summed E-state index contributed by atoms with van der Waals surface area (Å²) in [5, 5.41) is 20.6. The number of carbonyl (C=O) groups is 1. The molecule has 0 atom stereocenters. The van der Waals surface area contributed by atoms with Crippen LogP contribution >= 0.6 is 0 Å². The molecular formula is C15H20N2O4. The van der Waals surface area contributed by atoms with E-state index in [1.54, 1.807) is 0 Å². The van der Waals surface area contributed by atoms with Crippen molar-refractivity contribution in [3.05, 3.63) is 33.9 Å². The van der Waals surface area contributed by atoms with E-state index < -0.39 is 10.9 Å². The van der Waals surface area contributed by atoms with Gasteiger partial charge in [-0.3, -0.25) is 10.1 Å². The number of aromatic carboxylic acids is 1. The summed E-state index contributed by atoms with van der Waals surface area (Å²) in [6, 6.07) is 4.48. The molecule has 21 heavy (non-hydrogen) atoms. The molecule has 0 spiro atoms. The Hall–Kier alpha value is -2.11. The van der Waals surface area contributed by atoms with E-state index in [1.165, 1.54) is 18.2 Å². The second-order valence-electron chi connectivity index (χ2n) is 5.84. The molecule has 2 rings (SSSR count). The molecular weight excluding hydrogens is 272 g/mol. The predicted molar refractivity (Wildman–Crippen MR) is 79.9 cm³/mol. The molecule has 6 nitrogen and oxygen atoms in total. The van der Waals surface area contributed by atoms with E-state index in [1.807, 2.05) is 4.90 Å². The van der Waals surface area contributed by atoms with E-state index in [2.05, 4.69) is 13.8 Å². The molecule has 0 bridgehead atoms. The molecule has 0 unspecified atom stereocenters. The number of benzene rings is 1. The van der Waals surface area contributed by atoms with Gasteiger partial charge in [-0.2, -0.15) is 0 Å². The fourth-order valence-corrected chi connectivity index (χ4v) is 2.41. The van der Waals surface area contributed by atoms with Crippen LogP contribution in [0.1, 0.15) is 43.5 Å². The van der Waals surface area contributed by atoms with E-state index in [4.69, 9.17) is 0 Å². The number of para-hydroxylation sites is 1. The molecule has 0 aliphatic heterocycles. The number of nitrogens with zero attached hydrogens (tertiary/aromatic N) is 2. The molecule has 114 valence electrons. The molecule has 1 aliphatic rings. The Bertz CT molecular complexity index is 520. The first-order chi connectivity index (χ1) is 9.91. The largest absolute Gasteiger partial charge is 0.478 e. The van der Waals surface area contributed by atoms with Gasteiger partial charge in [0, 0.05) is 18.7 Å². The summed E-state index contributed by atoms with van der Waals surface area (Å²) in [7, 11) is 0. The maximum Gasteiger partial charge on any atom is 0.338 e. The summed E-state index contributed by atoms with van der Waals surface area (Å²) < 4.78 is 0. The second-order valence-corrected chi connectivity index (χ2v) is 5.84. The van der Waals surface area contributed by atoms with Crippen molar-refractivity contribution in [1.29, 1.82) is 0 Å². The fraction of sp³-hybridized carbons (Fsp3) is 0.533. The summed E-state index contributed by atoms with van der Waals surface area (Å²) in [5.74, 6) is -0.661. The highest BCUT2D eigenvalue weighted by atomic mass is 16.6. The maximum absolute atomic E-state index is 11.4. The lowest BCUT2D eigenvalue weighted by Crippen LogP contribution is -2.30. The minimum atomic E-state index is -1.12. The minimum Gasteiger partial charge on any atom is -0.478 e. The van der Waals surface area contributed by atoms with Gasteiger partial charge in [-0.05, 0) is 31.2 Å². The molecule has 0 saturated heterocycles. The minimum absolute atomic E-state index is 0.0138. The molecule has 0 amide bonds. The van der Waals surface area contributed by atoms with Gasteiger partial charge in [0.05, 0.1) is 10.5 Å². The Morgan fingerprint density at radius 1 is 1.48 bits per heavy atom. The molecule has 0 heterocycles. The third kappa shape index (κ3) is 3.51. The van der Waals surface area contributed by atoms with E-state index in [-0.39, 0.29) is 23.0 Å². The number of carboxylic acid groups (broad SMARTS) is 1. The average molecular weight is 292 g/mol. The number of hydrogen-bond donors (Lipinski definition) is 1. The van der Waals surface area contributed by atoms with Crippen molar-refractivity contribution in [1.82, 2.24) is 0 Å². The Morgan fingerprint density at radius 3 is 2.62 bits per heavy atom. The van der Waals surface area contributed by atoms with Crippen LogP contribution in [0.5, 0.6) is 0 Å². The fourth-order valence-electron chi connectivity index (χ4n) is 2.41. The molecule has 1 aromatic carbocycles. The number of nitro benzene ring substituents is 1. The molecule has 1 aliphatic carbocycles. The lowest BCUT2D eigenvalue weighted by Gasteiger charge is -2.26. The summed E-state index contributed by atoms with van der Waals surface area (Å²) in [6.07, 6.45) is 2.80. The summed E-state index contributed by atoms with van der Waals surface area (Å²) in [6.45, 7) is 4.82. The van der Waals surface area contributed by atoms with E-state index in [0.29, 0.717) is 12.5 Å². The van der Waals surface area contributed by atoms with Crippen molar-refractivity contribution >= 4 is 17.3 Å². The van der Waals surface area contributed by atoms with Crippen molar-refractivity contribution in [2.24, 2.45) is 5.92 Å². The summed E-state index contributed by atoms with van der Waals surface area (Å²) in [5.41, 5.74) is 0.156. The van der Waals surface area contributed by atoms with Gasteiger partial charge in [0.15, 0.2) is 0 Å². The van der Waals surface area contributed by atoms with Crippen LogP contribution in [0.4, 0.5) is 11.4 Å². The molecule has 0 aromatic heterocycles. The van der Waals surface area contributed by atoms with Crippen LogP contribution in [0.15, 0.2) is 18.2 Å². The van der Waals surface area contributed by atoms with Gasteiger partial charge >= 0.3 is 5.97 Å². The lowest BCUT2D eigenvalue weighted by atomic mass is 10.1. The Labute approximate surface area is 123 Å². The SMILES string of the molecule is CC(C)CCN(c1c(C(=O)O)cccc1[N+](=O)[O-])C1CC1. The van der Waals surface area contributed by atoms with Crippen molar-refractivity contribution in [2.45, 2.75) is 39.2 Å². The zero-order chi connectivity index (χ0) is 15.6. The van der Waals surface area contributed by atoms with Crippen molar-refractivity contribution in [2.75, 3.05) is 11.4 Å². The van der Waals surface area contributed by atoms with Gasteiger partial charge in [-0.15, -0.1) is 0 Å². The number of carboxylic acids is 1. The number of anilines is 1. The van der Waals surface area contributed by atoms with Crippen LogP contribution < -0.4 is 4.90 Å². The van der Waals surface area contributed by atoms with Crippen LogP contribution in [0.2, 0.25) is 0 Å². The molecule has 1 fully saturated rings. The predicted octanol–water partition coefficient (Wildman–Crippen LogP) is 3.31. The Morgan fingerprint density at radius 2 is 2.14 bits per heavy atom. The first kappa shape index (κ1) is 15.3. The van der Waals surface area contributed by atoms with Crippen LogP contribution in [0.25, 0.3) is 0 Å². The Balaban J connectivity index is 2.46. The maximum atomic E-state index is 11.4. The molecule has 1 saturated carbocycles. The Kier molecular flexibility index (Phi) is 4.45. The smallest absolute Gasteiger partial charge is 0.338 e. The number of hydrogen-bond acceptors (Lipinski definition) is 4. The highest BCUT2D eigenvalue weighted by molar-refractivity contribution is 5.97. The molecule has 1 N–H and O–H groups in total. The normalized spacial score (nSPS) is 14.2. The van der Waals surface area contributed by atoms with Gasteiger partial charge in [-0.1, -0.05) is 19.9 Å². The third-order valence-corrected chi connectivity index (χ3v) is 3.66. The number of rotatable bonds is 7. The van der Waals surface area contributed by atoms with Gasteiger partial charge in [0.25, 0.3) is 5.69 Å². The van der Waals surface area contributed by atoms with E-state index >= 15 is 0 Å². The lowest BCUT2D eigenvalue weighted by molar-refractivity contribution is -0.384. The standard InChI is InChI=1S/C15H20N2O4/c1-10(2)8-9-16(11-6-7-11)14-12(15(18)19)4-3-5-13(14)17(20)21/h3-5,10-11H,6-9H2,1-2H3,(H,18,19). The highest BCUT2D eigenvalue weighted by Crippen LogP contribution is 2.39. The first-order valence-corrected chi connectivity index (χ1v) is 7.19.